The third-order valence-corrected chi connectivity index (χ3v) is 6.12. The van der Waals surface area contributed by atoms with Crippen LogP contribution in [0, 0.1) is 0 Å². The van der Waals surface area contributed by atoms with Gasteiger partial charge in [0.05, 0.1) is 4.90 Å². The molecule has 0 bridgehead atoms. The highest BCUT2D eigenvalue weighted by molar-refractivity contribution is 7.89. The molecular formula is C17H28Cl2N4O3S. The number of benzene rings is 1. The molecule has 2 aliphatic rings. The van der Waals surface area contributed by atoms with Crippen molar-refractivity contribution < 1.29 is 13.2 Å². The normalized spacial score (nSPS) is 17.7. The number of carbonyl (C=O) groups is 1. The van der Waals surface area contributed by atoms with Crippen LogP contribution in [0.2, 0.25) is 0 Å². The molecule has 1 aromatic rings. The molecule has 7 nitrogen and oxygen atoms in total. The lowest BCUT2D eigenvalue weighted by Gasteiger charge is -2.27. The van der Waals surface area contributed by atoms with Gasteiger partial charge in [-0.3, -0.25) is 4.79 Å². The molecule has 3 rings (SSSR count). The first-order chi connectivity index (χ1) is 12.0. The van der Waals surface area contributed by atoms with E-state index in [9.17, 15) is 13.2 Å². The predicted octanol–water partition coefficient (Wildman–Crippen LogP) is 1.38. The van der Waals surface area contributed by atoms with Gasteiger partial charge in [0.25, 0.3) is 0 Å². The van der Waals surface area contributed by atoms with Gasteiger partial charge in [-0.05, 0) is 49.6 Å². The lowest BCUT2D eigenvalue weighted by molar-refractivity contribution is -0.116. The summed E-state index contributed by atoms with van der Waals surface area (Å²) in [5.41, 5.74) is 1.61. The van der Waals surface area contributed by atoms with E-state index in [4.69, 9.17) is 0 Å². The Kier molecular flexibility index (Phi) is 10.0. The Balaban J connectivity index is 0.00000182. The van der Waals surface area contributed by atoms with Gasteiger partial charge in [0.1, 0.15) is 0 Å². The molecule has 1 aromatic carbocycles. The average Bonchev–Trinajstić information content (AvgIpc) is 2.79. The van der Waals surface area contributed by atoms with E-state index in [1.807, 2.05) is 0 Å². The van der Waals surface area contributed by atoms with Crippen molar-refractivity contribution in [1.29, 1.82) is 0 Å². The zero-order valence-electron chi connectivity index (χ0n) is 15.2. The number of amides is 1. The highest BCUT2D eigenvalue weighted by atomic mass is 35.5. The Hall–Kier alpha value is -0.900. The Morgan fingerprint density at radius 2 is 1.85 bits per heavy atom. The highest BCUT2D eigenvalue weighted by Crippen LogP contribution is 2.25. The number of hydrogen-bond acceptors (Lipinski definition) is 5. The molecule has 0 radical (unpaired) electrons. The van der Waals surface area contributed by atoms with Crippen molar-refractivity contribution in [2.45, 2.75) is 30.6 Å². The first kappa shape index (κ1) is 24.1. The summed E-state index contributed by atoms with van der Waals surface area (Å²) in [5, 5.41) is 6.13. The van der Waals surface area contributed by atoms with Gasteiger partial charge in [-0.2, -0.15) is 0 Å². The van der Waals surface area contributed by atoms with E-state index in [1.54, 1.807) is 18.2 Å². The minimum Gasteiger partial charge on any atom is -0.326 e. The van der Waals surface area contributed by atoms with Gasteiger partial charge >= 0.3 is 0 Å². The number of hydrogen-bond donors (Lipinski definition) is 3. The zero-order chi connectivity index (χ0) is 17.7. The molecule has 0 atom stereocenters. The quantitative estimate of drug-likeness (QED) is 0.583. The molecular weight excluding hydrogens is 411 g/mol. The Morgan fingerprint density at radius 1 is 1.11 bits per heavy atom. The van der Waals surface area contributed by atoms with Gasteiger partial charge in [0.15, 0.2) is 0 Å². The second-order valence-electron chi connectivity index (χ2n) is 6.56. The number of fused-ring (bicyclic) bond motifs is 1. The van der Waals surface area contributed by atoms with Crippen LogP contribution in [0.1, 0.15) is 24.8 Å². The molecule has 3 N–H and O–H groups in total. The summed E-state index contributed by atoms with van der Waals surface area (Å²) in [6.07, 6.45) is 2.71. The first-order valence-electron chi connectivity index (χ1n) is 8.90. The van der Waals surface area contributed by atoms with Crippen molar-refractivity contribution in [2.75, 3.05) is 44.6 Å². The summed E-state index contributed by atoms with van der Waals surface area (Å²) in [5.74, 6) is -0.0135. The third-order valence-electron chi connectivity index (χ3n) is 4.66. The van der Waals surface area contributed by atoms with Crippen molar-refractivity contribution in [3.8, 4) is 0 Å². The largest absolute Gasteiger partial charge is 0.326 e. The summed E-state index contributed by atoms with van der Waals surface area (Å²) >= 11 is 0. The van der Waals surface area contributed by atoms with E-state index in [0.717, 1.165) is 56.8 Å². The lowest BCUT2D eigenvalue weighted by atomic mass is 10.1. The summed E-state index contributed by atoms with van der Waals surface area (Å²) < 4.78 is 27.7. The number of piperazine rings is 1. The Morgan fingerprint density at radius 3 is 2.59 bits per heavy atom. The molecule has 154 valence electrons. The number of halogens is 2. The van der Waals surface area contributed by atoms with Crippen molar-refractivity contribution >= 4 is 46.4 Å². The molecule has 0 aliphatic carbocycles. The number of rotatable bonds is 6. The summed E-state index contributed by atoms with van der Waals surface area (Å²) in [6, 6.07) is 4.93. The minimum atomic E-state index is -3.52. The van der Waals surface area contributed by atoms with Crippen LogP contribution < -0.4 is 15.4 Å². The second-order valence-corrected chi connectivity index (χ2v) is 8.33. The predicted molar refractivity (Wildman–Crippen MR) is 112 cm³/mol. The zero-order valence-corrected chi connectivity index (χ0v) is 17.6. The number of anilines is 1. The van der Waals surface area contributed by atoms with Gasteiger partial charge < -0.3 is 15.5 Å². The maximum absolute atomic E-state index is 12.5. The maximum Gasteiger partial charge on any atom is 0.240 e. The third kappa shape index (κ3) is 6.89. The molecule has 1 amide bonds. The van der Waals surface area contributed by atoms with Gasteiger partial charge in [-0.1, -0.05) is 0 Å². The number of sulfonamides is 1. The topological polar surface area (TPSA) is 90.5 Å². The molecule has 1 fully saturated rings. The average molecular weight is 439 g/mol. The fraction of sp³-hybridized carbons (Fsp3) is 0.588. The number of nitrogens with zero attached hydrogens (tertiary/aromatic N) is 1. The van der Waals surface area contributed by atoms with Gasteiger partial charge in [0, 0.05) is 44.8 Å². The standard InChI is InChI=1S/C17H26N4O3S.2ClH/c22-17-4-1-3-14-13-15(5-6-16(14)20-17)25(23,24)19-7-2-10-21-11-8-18-9-12-21;;/h5-6,13,18-19H,1-4,7-12H2,(H,20,22);2*1H. The fourth-order valence-electron chi connectivity index (χ4n) is 3.25. The van der Waals surface area contributed by atoms with Crippen LogP contribution >= 0.6 is 24.8 Å². The number of aryl methyl sites for hydroxylation is 1. The maximum atomic E-state index is 12.5. The van der Waals surface area contributed by atoms with Crippen molar-refractivity contribution in [3.63, 3.8) is 0 Å². The van der Waals surface area contributed by atoms with Gasteiger partial charge in [-0.15, -0.1) is 24.8 Å². The van der Waals surface area contributed by atoms with E-state index in [1.165, 1.54) is 0 Å². The van der Waals surface area contributed by atoms with Gasteiger partial charge in [-0.25, -0.2) is 13.1 Å². The number of carbonyl (C=O) groups excluding carboxylic acids is 1. The molecule has 0 aromatic heterocycles. The molecule has 0 spiro atoms. The first-order valence-corrected chi connectivity index (χ1v) is 10.4. The summed E-state index contributed by atoms with van der Waals surface area (Å²) in [6.45, 7) is 5.36. The van der Waals surface area contributed by atoms with Gasteiger partial charge in [0.2, 0.25) is 15.9 Å². The smallest absolute Gasteiger partial charge is 0.240 e. The number of nitrogens with one attached hydrogen (secondary N) is 3. The monoisotopic (exact) mass is 438 g/mol. The molecule has 10 heteroatoms. The lowest BCUT2D eigenvalue weighted by Crippen LogP contribution is -2.44. The van der Waals surface area contributed by atoms with Crippen molar-refractivity contribution in [1.82, 2.24) is 14.9 Å². The molecule has 2 aliphatic heterocycles. The van der Waals surface area contributed by atoms with E-state index >= 15 is 0 Å². The van der Waals surface area contributed by atoms with Crippen molar-refractivity contribution in [3.05, 3.63) is 23.8 Å². The van der Waals surface area contributed by atoms with E-state index in [-0.39, 0.29) is 35.6 Å². The van der Waals surface area contributed by atoms with Crippen LogP contribution in [0.25, 0.3) is 0 Å². The highest BCUT2D eigenvalue weighted by Gasteiger charge is 2.18. The van der Waals surface area contributed by atoms with E-state index < -0.39 is 10.0 Å². The Bertz CT molecular complexity index is 725. The summed E-state index contributed by atoms with van der Waals surface area (Å²) in [4.78, 5) is 14.2. The van der Waals surface area contributed by atoms with Crippen LogP contribution in [0.4, 0.5) is 5.69 Å². The van der Waals surface area contributed by atoms with Crippen LogP contribution in [0.5, 0.6) is 0 Å². The fourth-order valence-corrected chi connectivity index (χ4v) is 4.37. The molecule has 0 saturated carbocycles. The molecule has 27 heavy (non-hydrogen) atoms. The molecule has 1 saturated heterocycles. The van der Waals surface area contributed by atoms with Crippen LogP contribution in [0.3, 0.4) is 0 Å². The van der Waals surface area contributed by atoms with E-state index in [2.05, 4.69) is 20.3 Å². The van der Waals surface area contributed by atoms with E-state index in [0.29, 0.717) is 19.4 Å². The van der Waals surface area contributed by atoms with Crippen LogP contribution in [-0.2, 0) is 21.2 Å². The summed E-state index contributed by atoms with van der Waals surface area (Å²) in [7, 11) is -3.52. The second kappa shape index (κ2) is 11.2. The van der Waals surface area contributed by atoms with Crippen LogP contribution in [-0.4, -0.2) is 58.5 Å². The van der Waals surface area contributed by atoms with Crippen molar-refractivity contribution in [2.24, 2.45) is 0 Å². The SMILES string of the molecule is Cl.Cl.O=C1CCCc2cc(S(=O)(=O)NCCCN3CCNCC3)ccc2N1. The molecule has 2 heterocycles. The molecule has 0 unspecified atom stereocenters. The Labute approximate surface area is 173 Å². The van der Waals surface area contributed by atoms with Crippen LogP contribution in [0.15, 0.2) is 23.1 Å². The minimum absolute atomic E-state index is 0.